The van der Waals surface area contributed by atoms with Crippen molar-refractivity contribution < 1.29 is 14.7 Å². The summed E-state index contributed by atoms with van der Waals surface area (Å²) in [6.07, 6.45) is 1.21. The predicted molar refractivity (Wildman–Crippen MR) is 72.5 cm³/mol. The van der Waals surface area contributed by atoms with E-state index in [1.807, 2.05) is 19.9 Å². The Morgan fingerprint density at radius 3 is 2.95 bits per heavy atom. The van der Waals surface area contributed by atoms with Crippen molar-refractivity contribution in [3.63, 3.8) is 0 Å². The number of nitrogens with one attached hydrogen (secondary N) is 1. The molecule has 1 aliphatic heterocycles. The van der Waals surface area contributed by atoms with E-state index in [0.29, 0.717) is 18.9 Å². The number of amides is 1. The zero-order valence-electron chi connectivity index (χ0n) is 11.5. The van der Waals surface area contributed by atoms with Crippen LogP contribution in [0.15, 0.2) is 12.4 Å². The van der Waals surface area contributed by atoms with E-state index in [1.165, 1.54) is 6.33 Å². The van der Waals surface area contributed by atoms with Crippen LogP contribution in [0.3, 0.4) is 0 Å². The number of rotatable bonds is 4. The molecule has 1 unspecified atom stereocenters. The zero-order valence-corrected chi connectivity index (χ0v) is 11.5. The Bertz CT molecular complexity index is 518. The molecular weight excluding hydrogens is 260 g/mol. The van der Waals surface area contributed by atoms with Gasteiger partial charge in [-0.3, -0.25) is 9.59 Å². The Labute approximate surface area is 117 Å². The summed E-state index contributed by atoms with van der Waals surface area (Å²) in [7, 11) is 0. The number of aromatic nitrogens is 2. The number of carbonyl (C=O) groups is 2. The highest BCUT2D eigenvalue weighted by molar-refractivity contribution is 5.90. The largest absolute Gasteiger partial charge is 0.481 e. The topological polar surface area (TPSA) is 95.4 Å². The fourth-order valence-electron chi connectivity index (χ4n) is 2.19. The molecule has 2 N–H and O–H groups in total. The van der Waals surface area contributed by atoms with E-state index in [0.717, 1.165) is 5.69 Å². The lowest BCUT2D eigenvalue weighted by Gasteiger charge is -2.35. The minimum absolute atomic E-state index is 0.243. The normalized spacial score (nSPS) is 19.1. The SMILES string of the molecule is CC(C)c1cc(N2CCNC(=O)C2CC(=O)O)ncn1. The summed E-state index contributed by atoms with van der Waals surface area (Å²) in [5.74, 6) is -0.434. The number of hydrogen-bond acceptors (Lipinski definition) is 5. The van der Waals surface area contributed by atoms with Crippen LogP contribution < -0.4 is 10.2 Å². The van der Waals surface area contributed by atoms with Crippen LogP contribution in [0.5, 0.6) is 0 Å². The molecule has 1 saturated heterocycles. The first kappa shape index (κ1) is 14.2. The molecule has 1 aliphatic rings. The van der Waals surface area contributed by atoms with E-state index in [4.69, 9.17) is 5.11 Å². The molecule has 2 heterocycles. The van der Waals surface area contributed by atoms with Crippen LogP contribution in [0, 0.1) is 0 Å². The third kappa shape index (κ3) is 3.04. The van der Waals surface area contributed by atoms with Crippen LogP contribution in [-0.2, 0) is 9.59 Å². The summed E-state index contributed by atoms with van der Waals surface area (Å²) in [5.41, 5.74) is 0.870. The maximum Gasteiger partial charge on any atom is 0.305 e. The Kier molecular flexibility index (Phi) is 4.16. The quantitative estimate of drug-likeness (QED) is 0.826. The van der Waals surface area contributed by atoms with E-state index < -0.39 is 12.0 Å². The lowest BCUT2D eigenvalue weighted by molar-refractivity contribution is -0.139. The molecule has 2 rings (SSSR count). The molecule has 1 aromatic rings. The molecule has 1 atom stereocenters. The Morgan fingerprint density at radius 2 is 2.30 bits per heavy atom. The van der Waals surface area contributed by atoms with Gasteiger partial charge < -0.3 is 15.3 Å². The van der Waals surface area contributed by atoms with Gasteiger partial charge in [0, 0.05) is 24.8 Å². The third-order valence-electron chi connectivity index (χ3n) is 3.26. The highest BCUT2D eigenvalue weighted by atomic mass is 16.4. The number of piperazine rings is 1. The van der Waals surface area contributed by atoms with Gasteiger partial charge in [-0.05, 0) is 5.92 Å². The monoisotopic (exact) mass is 278 g/mol. The second-order valence-corrected chi connectivity index (χ2v) is 5.05. The molecule has 7 nitrogen and oxygen atoms in total. The van der Waals surface area contributed by atoms with Gasteiger partial charge in [0.2, 0.25) is 5.91 Å². The first-order valence-corrected chi connectivity index (χ1v) is 6.57. The molecular formula is C13H18N4O3. The number of carbonyl (C=O) groups excluding carboxylic acids is 1. The van der Waals surface area contributed by atoms with Gasteiger partial charge in [0.25, 0.3) is 0 Å². The lowest BCUT2D eigenvalue weighted by atomic mass is 10.1. The van der Waals surface area contributed by atoms with Crippen LogP contribution in [0.2, 0.25) is 0 Å². The average molecular weight is 278 g/mol. The van der Waals surface area contributed by atoms with E-state index in [9.17, 15) is 9.59 Å². The Balaban J connectivity index is 2.30. The minimum atomic E-state index is -1.00. The van der Waals surface area contributed by atoms with Gasteiger partial charge in [0.05, 0.1) is 6.42 Å². The number of carboxylic acid groups (broad SMARTS) is 1. The molecule has 0 aliphatic carbocycles. The molecule has 1 amide bonds. The molecule has 1 aromatic heterocycles. The minimum Gasteiger partial charge on any atom is -0.481 e. The summed E-state index contributed by atoms with van der Waals surface area (Å²) in [6, 6.07) is 1.09. The van der Waals surface area contributed by atoms with Gasteiger partial charge in [0.1, 0.15) is 18.2 Å². The summed E-state index contributed by atoms with van der Waals surface area (Å²) < 4.78 is 0. The van der Waals surface area contributed by atoms with Gasteiger partial charge in [0.15, 0.2) is 0 Å². The second kappa shape index (κ2) is 5.85. The number of anilines is 1. The molecule has 0 spiro atoms. The van der Waals surface area contributed by atoms with E-state index in [-0.39, 0.29) is 18.2 Å². The molecule has 0 bridgehead atoms. The van der Waals surface area contributed by atoms with Crippen LogP contribution in [0.1, 0.15) is 31.9 Å². The number of nitrogens with zero attached hydrogens (tertiary/aromatic N) is 3. The lowest BCUT2D eigenvalue weighted by Crippen LogP contribution is -2.56. The van der Waals surface area contributed by atoms with Crippen molar-refractivity contribution >= 4 is 17.7 Å². The van der Waals surface area contributed by atoms with Gasteiger partial charge >= 0.3 is 5.97 Å². The maximum absolute atomic E-state index is 11.9. The highest BCUT2D eigenvalue weighted by Gasteiger charge is 2.32. The van der Waals surface area contributed by atoms with Crippen molar-refractivity contribution in [3.8, 4) is 0 Å². The molecule has 108 valence electrons. The van der Waals surface area contributed by atoms with Crippen molar-refractivity contribution in [2.45, 2.75) is 32.2 Å². The first-order valence-electron chi connectivity index (χ1n) is 6.57. The zero-order chi connectivity index (χ0) is 14.7. The molecule has 0 saturated carbocycles. The fourth-order valence-corrected chi connectivity index (χ4v) is 2.19. The molecule has 1 fully saturated rings. The van der Waals surface area contributed by atoms with Gasteiger partial charge in [-0.15, -0.1) is 0 Å². The van der Waals surface area contributed by atoms with Crippen LogP contribution in [-0.4, -0.2) is 46.1 Å². The van der Waals surface area contributed by atoms with Gasteiger partial charge in [-0.2, -0.15) is 0 Å². The molecule has 20 heavy (non-hydrogen) atoms. The molecule has 0 radical (unpaired) electrons. The highest BCUT2D eigenvalue weighted by Crippen LogP contribution is 2.21. The van der Waals surface area contributed by atoms with Crippen molar-refractivity contribution in [1.29, 1.82) is 0 Å². The predicted octanol–water partition coefficient (Wildman–Crippen LogP) is 0.379. The van der Waals surface area contributed by atoms with Crippen molar-refractivity contribution in [3.05, 3.63) is 18.1 Å². The first-order chi connectivity index (χ1) is 9.49. The van der Waals surface area contributed by atoms with Crippen LogP contribution >= 0.6 is 0 Å². The molecule has 0 aromatic carbocycles. The Hall–Kier alpha value is -2.18. The van der Waals surface area contributed by atoms with Crippen molar-refractivity contribution in [2.24, 2.45) is 0 Å². The smallest absolute Gasteiger partial charge is 0.305 e. The van der Waals surface area contributed by atoms with Crippen LogP contribution in [0.25, 0.3) is 0 Å². The number of aliphatic carboxylic acids is 1. The fraction of sp³-hybridized carbons (Fsp3) is 0.538. The van der Waals surface area contributed by atoms with Crippen molar-refractivity contribution in [1.82, 2.24) is 15.3 Å². The molecule has 7 heteroatoms. The number of hydrogen-bond donors (Lipinski definition) is 2. The van der Waals surface area contributed by atoms with E-state index in [2.05, 4.69) is 15.3 Å². The van der Waals surface area contributed by atoms with Crippen molar-refractivity contribution in [2.75, 3.05) is 18.0 Å². The summed E-state index contributed by atoms with van der Waals surface area (Å²) in [5, 5.41) is 11.6. The number of carboxylic acids is 1. The van der Waals surface area contributed by atoms with E-state index in [1.54, 1.807) is 4.90 Å². The standard InChI is InChI=1S/C13H18N4O3/c1-8(2)9-5-11(16-7-15-9)17-4-3-14-13(20)10(17)6-12(18)19/h5,7-8,10H,3-4,6H2,1-2H3,(H,14,20)(H,18,19). The third-order valence-corrected chi connectivity index (χ3v) is 3.26. The second-order valence-electron chi connectivity index (χ2n) is 5.05. The maximum atomic E-state index is 11.9. The Morgan fingerprint density at radius 1 is 1.55 bits per heavy atom. The summed E-state index contributed by atoms with van der Waals surface area (Å²) in [6.45, 7) is 5.06. The van der Waals surface area contributed by atoms with E-state index >= 15 is 0 Å². The summed E-state index contributed by atoms with van der Waals surface area (Å²) >= 11 is 0. The van der Waals surface area contributed by atoms with Gasteiger partial charge in [-0.1, -0.05) is 13.8 Å². The average Bonchev–Trinajstić information content (AvgIpc) is 2.41. The van der Waals surface area contributed by atoms with Crippen LogP contribution in [0.4, 0.5) is 5.82 Å². The summed E-state index contributed by atoms with van der Waals surface area (Å²) in [4.78, 5) is 32.9. The van der Waals surface area contributed by atoms with Gasteiger partial charge in [-0.25, -0.2) is 9.97 Å².